The van der Waals surface area contributed by atoms with Crippen molar-refractivity contribution in [3.05, 3.63) is 22.2 Å². The predicted octanol–water partition coefficient (Wildman–Crippen LogP) is 0.843. The van der Waals surface area contributed by atoms with E-state index in [-0.39, 0.29) is 12.0 Å². The average molecular weight is 392 g/mol. The minimum Gasteiger partial charge on any atom is -0.394 e. The highest BCUT2D eigenvalue weighted by molar-refractivity contribution is 6.42. The monoisotopic (exact) mass is 391 g/mol. The Bertz CT molecular complexity index is 747. The van der Waals surface area contributed by atoms with Gasteiger partial charge in [0.05, 0.1) is 27.7 Å². The number of nitrogens with one attached hydrogen (secondary N) is 1. The van der Waals surface area contributed by atoms with E-state index in [9.17, 15) is 20.4 Å². The van der Waals surface area contributed by atoms with Gasteiger partial charge in [0.2, 0.25) is 18.0 Å². The van der Waals surface area contributed by atoms with Crippen molar-refractivity contribution in [3.63, 3.8) is 0 Å². The SMILES string of the molecule is CC(C)N(c1nc2cc(Cl)c(Cl)cc2[nH]1)[C@]1(O)[C@@H](O)O[C@@H](CO)[C@@H]1O. The minimum absolute atomic E-state index is 0.186. The lowest BCUT2D eigenvalue weighted by Crippen LogP contribution is -2.64. The van der Waals surface area contributed by atoms with Gasteiger partial charge in [-0.15, -0.1) is 0 Å². The van der Waals surface area contributed by atoms with Crippen LogP contribution in [0.3, 0.4) is 0 Å². The topological polar surface area (TPSA) is 122 Å². The van der Waals surface area contributed by atoms with Crippen LogP contribution in [0.15, 0.2) is 12.1 Å². The lowest BCUT2D eigenvalue weighted by molar-refractivity contribution is -0.179. The Balaban J connectivity index is 2.10. The summed E-state index contributed by atoms with van der Waals surface area (Å²) in [6, 6.07) is 2.77. The first-order valence-corrected chi connectivity index (χ1v) is 8.44. The Kier molecular flexibility index (Phi) is 4.89. The van der Waals surface area contributed by atoms with Gasteiger partial charge in [-0.25, -0.2) is 4.98 Å². The molecule has 8 nitrogen and oxygen atoms in total. The molecule has 0 spiro atoms. The zero-order valence-corrected chi connectivity index (χ0v) is 15.0. The third-order valence-corrected chi connectivity index (χ3v) is 5.00. The molecule has 2 heterocycles. The number of H-pyrrole nitrogens is 1. The molecule has 0 aliphatic carbocycles. The molecule has 138 valence electrons. The summed E-state index contributed by atoms with van der Waals surface area (Å²) >= 11 is 12.0. The van der Waals surface area contributed by atoms with Gasteiger partial charge in [-0.3, -0.25) is 0 Å². The molecule has 1 aromatic carbocycles. The Hall–Kier alpha value is -1.13. The lowest BCUT2D eigenvalue weighted by Gasteiger charge is -2.42. The number of rotatable bonds is 4. The minimum atomic E-state index is -2.21. The maximum atomic E-state index is 11.0. The van der Waals surface area contributed by atoms with Crippen molar-refractivity contribution in [3.8, 4) is 0 Å². The van der Waals surface area contributed by atoms with E-state index < -0.39 is 30.8 Å². The Morgan fingerprint density at radius 1 is 1.32 bits per heavy atom. The Morgan fingerprint density at radius 2 is 1.96 bits per heavy atom. The van der Waals surface area contributed by atoms with Crippen LogP contribution in [0, 0.1) is 0 Å². The van der Waals surface area contributed by atoms with Crippen molar-refractivity contribution in [2.24, 2.45) is 0 Å². The first kappa shape index (κ1) is 18.7. The lowest BCUT2D eigenvalue weighted by atomic mass is 10.0. The number of aliphatic hydroxyl groups excluding tert-OH is 3. The molecule has 0 radical (unpaired) electrons. The Labute approximate surface area is 153 Å². The molecular formula is C15H19Cl2N3O5. The van der Waals surface area contributed by atoms with E-state index in [2.05, 4.69) is 9.97 Å². The molecule has 10 heteroatoms. The normalized spacial score (nSPS) is 29.7. The van der Waals surface area contributed by atoms with E-state index in [0.717, 1.165) is 0 Å². The highest BCUT2D eigenvalue weighted by atomic mass is 35.5. The zero-order chi connectivity index (χ0) is 18.5. The standard InChI is InChI=1S/C15H19Cl2N3O5/c1-6(2)20(15(24)12(22)11(5-21)25-13(15)23)14-18-9-3-7(16)8(17)4-10(9)19-14/h3-4,6,11-13,21-24H,5H2,1-2H3,(H,18,19)/t11-,12-,13-,15+/m0/s1. The van der Waals surface area contributed by atoms with Crippen LogP contribution < -0.4 is 4.90 Å². The van der Waals surface area contributed by atoms with E-state index in [4.69, 9.17) is 27.9 Å². The molecule has 1 aromatic heterocycles. The number of hydrogen-bond donors (Lipinski definition) is 5. The summed E-state index contributed by atoms with van der Waals surface area (Å²) in [5, 5.41) is 41.6. The van der Waals surface area contributed by atoms with Gasteiger partial charge in [-0.05, 0) is 26.0 Å². The van der Waals surface area contributed by atoms with Crippen molar-refractivity contribution >= 4 is 40.2 Å². The van der Waals surface area contributed by atoms with Crippen LogP contribution in [0.5, 0.6) is 0 Å². The van der Waals surface area contributed by atoms with Crippen LogP contribution in [0.4, 0.5) is 5.95 Å². The van der Waals surface area contributed by atoms with Crippen LogP contribution in [0.1, 0.15) is 13.8 Å². The largest absolute Gasteiger partial charge is 0.394 e. The number of aromatic nitrogens is 2. The molecule has 0 bridgehead atoms. The van der Waals surface area contributed by atoms with Gasteiger partial charge in [0.15, 0.2) is 0 Å². The number of aromatic amines is 1. The first-order chi connectivity index (χ1) is 11.7. The highest BCUT2D eigenvalue weighted by Gasteiger charge is 2.59. The maximum Gasteiger partial charge on any atom is 0.221 e. The molecule has 25 heavy (non-hydrogen) atoms. The molecular weight excluding hydrogens is 373 g/mol. The molecule has 1 aliphatic rings. The number of aliphatic hydroxyl groups is 4. The fourth-order valence-corrected chi connectivity index (χ4v) is 3.42. The van der Waals surface area contributed by atoms with Gasteiger partial charge in [0.25, 0.3) is 0 Å². The second kappa shape index (κ2) is 6.55. The summed E-state index contributed by atoms with van der Waals surface area (Å²) in [6.07, 6.45) is -4.44. The van der Waals surface area contributed by atoms with Gasteiger partial charge in [-0.1, -0.05) is 23.2 Å². The summed E-state index contributed by atoms with van der Waals surface area (Å²) in [7, 11) is 0. The van der Waals surface area contributed by atoms with Crippen LogP contribution >= 0.6 is 23.2 Å². The summed E-state index contributed by atoms with van der Waals surface area (Å²) in [5.41, 5.74) is -1.14. The summed E-state index contributed by atoms with van der Waals surface area (Å²) in [6.45, 7) is 2.94. The molecule has 1 saturated heterocycles. The van der Waals surface area contributed by atoms with E-state index >= 15 is 0 Å². The van der Waals surface area contributed by atoms with Crippen molar-refractivity contribution in [2.75, 3.05) is 11.5 Å². The second-order valence-electron chi connectivity index (χ2n) is 6.24. The number of ether oxygens (including phenoxy) is 1. The predicted molar refractivity (Wildman–Crippen MR) is 92.7 cm³/mol. The molecule has 2 aromatic rings. The molecule has 4 atom stereocenters. The fraction of sp³-hybridized carbons (Fsp3) is 0.533. The average Bonchev–Trinajstić information content (AvgIpc) is 3.02. The van der Waals surface area contributed by atoms with E-state index in [0.29, 0.717) is 21.1 Å². The third-order valence-electron chi connectivity index (χ3n) is 4.28. The zero-order valence-electron chi connectivity index (χ0n) is 13.5. The van der Waals surface area contributed by atoms with E-state index in [1.807, 2.05) is 0 Å². The smallest absolute Gasteiger partial charge is 0.221 e. The number of hydrogen-bond acceptors (Lipinski definition) is 7. The second-order valence-corrected chi connectivity index (χ2v) is 7.06. The third kappa shape index (κ3) is 2.87. The molecule has 0 saturated carbocycles. The van der Waals surface area contributed by atoms with E-state index in [1.54, 1.807) is 26.0 Å². The molecule has 0 amide bonds. The number of benzene rings is 1. The van der Waals surface area contributed by atoms with Crippen LogP contribution in [-0.2, 0) is 4.74 Å². The number of imidazole rings is 1. The van der Waals surface area contributed by atoms with Crippen molar-refractivity contribution in [2.45, 2.75) is 44.1 Å². The van der Waals surface area contributed by atoms with Gasteiger partial charge >= 0.3 is 0 Å². The van der Waals surface area contributed by atoms with Crippen molar-refractivity contribution in [1.82, 2.24) is 9.97 Å². The number of nitrogens with zero attached hydrogens (tertiary/aromatic N) is 2. The molecule has 5 N–H and O–H groups in total. The highest BCUT2D eigenvalue weighted by Crippen LogP contribution is 2.38. The van der Waals surface area contributed by atoms with Crippen LogP contribution in [-0.4, -0.2) is 67.3 Å². The summed E-state index contributed by atoms with van der Waals surface area (Å²) < 4.78 is 5.08. The fourth-order valence-electron chi connectivity index (χ4n) is 3.10. The number of anilines is 1. The molecule has 3 rings (SSSR count). The van der Waals surface area contributed by atoms with Crippen molar-refractivity contribution in [1.29, 1.82) is 0 Å². The Morgan fingerprint density at radius 3 is 2.52 bits per heavy atom. The molecule has 1 aliphatic heterocycles. The van der Waals surface area contributed by atoms with Crippen LogP contribution in [0.25, 0.3) is 11.0 Å². The molecule has 0 unspecified atom stereocenters. The van der Waals surface area contributed by atoms with E-state index in [1.165, 1.54) is 4.90 Å². The number of halogens is 2. The van der Waals surface area contributed by atoms with Crippen molar-refractivity contribution < 1.29 is 25.2 Å². The van der Waals surface area contributed by atoms with Gasteiger partial charge in [0, 0.05) is 6.04 Å². The van der Waals surface area contributed by atoms with Gasteiger partial charge < -0.3 is 35.0 Å². The summed E-state index contributed by atoms with van der Waals surface area (Å²) in [5.74, 6) is 0.186. The maximum absolute atomic E-state index is 11.0. The van der Waals surface area contributed by atoms with Gasteiger partial charge in [-0.2, -0.15) is 0 Å². The van der Waals surface area contributed by atoms with Crippen LogP contribution in [0.2, 0.25) is 10.0 Å². The quantitative estimate of drug-likeness (QED) is 0.489. The van der Waals surface area contributed by atoms with Gasteiger partial charge in [0.1, 0.15) is 12.2 Å². The first-order valence-electron chi connectivity index (χ1n) is 7.69. The molecule has 1 fully saturated rings. The number of fused-ring (bicyclic) bond motifs is 1. The summed E-state index contributed by atoms with van der Waals surface area (Å²) in [4.78, 5) is 8.67.